The molecule has 9 nitrogen and oxygen atoms in total. The topological polar surface area (TPSA) is 149 Å². The lowest BCUT2D eigenvalue weighted by Gasteiger charge is -2.40. The molecule has 2 aliphatic heterocycles. The Hall–Kier alpha value is -0.360. The van der Waals surface area contributed by atoms with Crippen molar-refractivity contribution in [3.05, 3.63) is 0 Å². The summed E-state index contributed by atoms with van der Waals surface area (Å²) in [6, 6.07) is 0. The predicted molar refractivity (Wildman–Crippen MR) is 65.8 cm³/mol. The Bertz CT molecular complexity index is 298. The van der Waals surface area contributed by atoms with Gasteiger partial charge in [-0.15, -0.1) is 0 Å². The third-order valence-electron chi connectivity index (χ3n) is 3.73. The zero-order valence-corrected chi connectivity index (χ0v) is 11.4. The number of ether oxygens (including phenoxy) is 3. The van der Waals surface area contributed by atoms with Gasteiger partial charge in [-0.2, -0.15) is 0 Å². The molecule has 0 saturated carbocycles. The molecule has 2 aliphatic rings. The van der Waals surface area contributed by atoms with Gasteiger partial charge in [0.1, 0.15) is 24.4 Å². The molecule has 124 valence electrons. The first-order chi connectivity index (χ1) is 9.96. The van der Waals surface area contributed by atoms with E-state index >= 15 is 0 Å². The van der Waals surface area contributed by atoms with E-state index in [1.807, 2.05) is 0 Å². The van der Waals surface area contributed by atoms with Crippen LogP contribution in [0.1, 0.15) is 12.8 Å². The maximum atomic E-state index is 9.68. The van der Waals surface area contributed by atoms with Crippen molar-refractivity contribution in [3.8, 4) is 0 Å². The zero-order chi connectivity index (χ0) is 15.6. The van der Waals surface area contributed by atoms with Crippen molar-refractivity contribution >= 4 is 0 Å². The van der Waals surface area contributed by atoms with Crippen molar-refractivity contribution < 1.29 is 44.8 Å². The summed E-state index contributed by atoms with van der Waals surface area (Å²) in [6.07, 6.45) is -8.54. The van der Waals surface area contributed by atoms with E-state index in [1.54, 1.807) is 0 Å². The Balaban J connectivity index is 1.92. The molecule has 21 heavy (non-hydrogen) atoms. The highest BCUT2D eigenvalue weighted by molar-refractivity contribution is 4.85. The van der Waals surface area contributed by atoms with Crippen LogP contribution < -0.4 is 0 Å². The molecule has 0 spiro atoms. The van der Waals surface area contributed by atoms with Gasteiger partial charge in [0.25, 0.3) is 0 Å². The predicted octanol–water partition coefficient (Wildman–Crippen LogP) is -3.34. The maximum Gasteiger partial charge on any atom is 0.163 e. The molecule has 0 aromatic heterocycles. The van der Waals surface area contributed by atoms with E-state index in [9.17, 15) is 20.4 Å². The average molecular weight is 310 g/mol. The summed E-state index contributed by atoms with van der Waals surface area (Å²) in [4.78, 5) is 0. The quantitative estimate of drug-likeness (QED) is 0.313. The number of rotatable bonds is 4. The Kier molecular flexibility index (Phi) is 5.88. The van der Waals surface area contributed by atoms with Crippen LogP contribution in [0, 0.1) is 0 Å². The minimum Gasteiger partial charge on any atom is -0.394 e. The lowest BCUT2D eigenvalue weighted by atomic mass is 10.0. The first kappa shape index (κ1) is 17.0. The molecule has 0 unspecified atom stereocenters. The number of hydrogen-bond acceptors (Lipinski definition) is 9. The fraction of sp³-hybridized carbons (Fsp3) is 1.00. The summed E-state index contributed by atoms with van der Waals surface area (Å²) < 4.78 is 16.0. The van der Waals surface area contributed by atoms with Gasteiger partial charge in [0, 0.05) is 12.8 Å². The molecule has 0 amide bonds. The molecule has 2 heterocycles. The summed E-state index contributed by atoms with van der Waals surface area (Å²) in [6.45, 7) is -0.964. The van der Waals surface area contributed by atoms with E-state index in [1.165, 1.54) is 0 Å². The fourth-order valence-electron chi connectivity index (χ4n) is 2.48. The lowest BCUT2D eigenvalue weighted by Crippen LogP contribution is -2.54. The van der Waals surface area contributed by atoms with E-state index in [-0.39, 0.29) is 12.8 Å². The van der Waals surface area contributed by atoms with Crippen molar-refractivity contribution in [1.82, 2.24) is 0 Å². The second-order valence-corrected chi connectivity index (χ2v) is 5.30. The minimum absolute atomic E-state index is 0.0278. The summed E-state index contributed by atoms with van der Waals surface area (Å²) in [7, 11) is 0. The smallest absolute Gasteiger partial charge is 0.163 e. The van der Waals surface area contributed by atoms with E-state index in [4.69, 9.17) is 24.4 Å². The number of hydrogen-bond donors (Lipinski definition) is 6. The van der Waals surface area contributed by atoms with Gasteiger partial charge in [0.2, 0.25) is 0 Å². The Labute approximate surface area is 121 Å². The van der Waals surface area contributed by atoms with Gasteiger partial charge in [-0.25, -0.2) is 0 Å². The van der Waals surface area contributed by atoms with Crippen LogP contribution in [-0.4, -0.2) is 93.1 Å². The highest BCUT2D eigenvalue weighted by atomic mass is 16.8. The van der Waals surface area contributed by atoms with Crippen LogP contribution >= 0.6 is 0 Å². The molecular formula is C12H22O9. The first-order valence-corrected chi connectivity index (χ1v) is 6.86. The van der Waals surface area contributed by atoms with Crippen LogP contribution in [0.2, 0.25) is 0 Å². The van der Waals surface area contributed by atoms with Gasteiger partial charge >= 0.3 is 0 Å². The molecule has 2 rings (SSSR count). The maximum absolute atomic E-state index is 9.68. The molecule has 0 aliphatic carbocycles. The summed E-state index contributed by atoms with van der Waals surface area (Å²) in [5.74, 6) is 0. The molecule has 0 radical (unpaired) electrons. The Morgan fingerprint density at radius 1 is 0.762 bits per heavy atom. The highest BCUT2D eigenvalue weighted by Gasteiger charge is 2.41. The summed E-state index contributed by atoms with van der Waals surface area (Å²) in [5, 5.41) is 56.7. The van der Waals surface area contributed by atoms with Gasteiger partial charge < -0.3 is 44.8 Å². The van der Waals surface area contributed by atoms with Gasteiger partial charge in [-0.3, -0.25) is 0 Å². The standard InChI is InChI=1S/C12H22O9/c13-3-7-11(17)5(15)1-9(19-7)21-10-2-6(16)12(18)8(4-14)20-10/h5-18H,1-4H2/t5-,6-,7+,8+,9+,10+,11-,12-/m0/s1. The van der Waals surface area contributed by atoms with E-state index in [0.717, 1.165) is 0 Å². The second-order valence-electron chi connectivity index (χ2n) is 5.30. The second kappa shape index (κ2) is 7.27. The van der Waals surface area contributed by atoms with Gasteiger partial charge in [0.05, 0.1) is 25.4 Å². The third kappa shape index (κ3) is 3.89. The number of aliphatic hydroxyl groups is 6. The molecule has 9 heteroatoms. The van der Waals surface area contributed by atoms with Gasteiger partial charge in [0.15, 0.2) is 12.6 Å². The van der Waals surface area contributed by atoms with Gasteiger partial charge in [-0.05, 0) is 0 Å². The van der Waals surface area contributed by atoms with Crippen molar-refractivity contribution in [2.45, 2.75) is 62.0 Å². The van der Waals surface area contributed by atoms with Crippen LogP contribution in [0.25, 0.3) is 0 Å². The molecule has 0 bridgehead atoms. The van der Waals surface area contributed by atoms with Crippen LogP contribution in [0.4, 0.5) is 0 Å². The molecule has 0 aromatic rings. The SMILES string of the molecule is OC[C@H]1O[C@H](O[C@@H]2C[C@H](O)[C@H](O)[C@@H](CO)O2)C[C@H](O)[C@@H]1O. The van der Waals surface area contributed by atoms with E-state index < -0.39 is 62.4 Å². The molecule has 2 fully saturated rings. The minimum atomic E-state index is -1.21. The van der Waals surface area contributed by atoms with Crippen molar-refractivity contribution in [1.29, 1.82) is 0 Å². The average Bonchev–Trinajstić information content (AvgIpc) is 2.46. The fourth-order valence-corrected chi connectivity index (χ4v) is 2.48. The third-order valence-corrected chi connectivity index (χ3v) is 3.73. The van der Waals surface area contributed by atoms with Crippen molar-refractivity contribution in [3.63, 3.8) is 0 Å². The molecule has 6 N–H and O–H groups in total. The van der Waals surface area contributed by atoms with Crippen molar-refractivity contribution in [2.24, 2.45) is 0 Å². The monoisotopic (exact) mass is 310 g/mol. The van der Waals surface area contributed by atoms with Crippen molar-refractivity contribution in [2.75, 3.05) is 13.2 Å². The van der Waals surface area contributed by atoms with Crippen LogP contribution in [0.3, 0.4) is 0 Å². The Morgan fingerprint density at radius 2 is 1.14 bits per heavy atom. The molecule has 2 saturated heterocycles. The van der Waals surface area contributed by atoms with Crippen LogP contribution in [0.15, 0.2) is 0 Å². The van der Waals surface area contributed by atoms with Crippen LogP contribution in [-0.2, 0) is 14.2 Å². The van der Waals surface area contributed by atoms with E-state index in [0.29, 0.717) is 0 Å². The first-order valence-electron chi connectivity index (χ1n) is 6.86. The molecular weight excluding hydrogens is 288 g/mol. The molecule has 8 atom stereocenters. The highest BCUT2D eigenvalue weighted by Crippen LogP contribution is 2.27. The number of aliphatic hydroxyl groups excluding tert-OH is 6. The van der Waals surface area contributed by atoms with E-state index in [2.05, 4.69) is 0 Å². The van der Waals surface area contributed by atoms with Gasteiger partial charge in [-0.1, -0.05) is 0 Å². The normalized spacial score (nSPS) is 48.3. The molecule has 0 aromatic carbocycles. The summed E-state index contributed by atoms with van der Waals surface area (Å²) in [5.41, 5.74) is 0. The Morgan fingerprint density at radius 3 is 1.48 bits per heavy atom. The van der Waals surface area contributed by atoms with Crippen LogP contribution in [0.5, 0.6) is 0 Å². The summed E-state index contributed by atoms with van der Waals surface area (Å²) >= 11 is 0. The lowest BCUT2D eigenvalue weighted by molar-refractivity contribution is -0.333. The zero-order valence-electron chi connectivity index (χ0n) is 11.4. The largest absolute Gasteiger partial charge is 0.394 e.